The molecule has 0 fully saturated rings. The van der Waals surface area contributed by atoms with Gasteiger partial charge >= 0.3 is 0 Å². The molecule has 0 unspecified atom stereocenters. The maximum absolute atomic E-state index is 11.9. The van der Waals surface area contributed by atoms with Crippen molar-refractivity contribution in [1.29, 1.82) is 0 Å². The van der Waals surface area contributed by atoms with Crippen LogP contribution in [0.25, 0.3) is 0 Å². The average molecular weight is 299 g/mol. The van der Waals surface area contributed by atoms with Crippen molar-refractivity contribution in [3.8, 4) is 0 Å². The minimum absolute atomic E-state index is 0.0839. The highest BCUT2D eigenvalue weighted by molar-refractivity contribution is 8.00. The van der Waals surface area contributed by atoms with Crippen molar-refractivity contribution in [3.63, 3.8) is 0 Å². The highest BCUT2D eigenvalue weighted by Gasteiger charge is 2.13. The summed E-state index contributed by atoms with van der Waals surface area (Å²) in [5, 5.41) is 4.62. The molecule has 3 nitrogen and oxygen atoms in total. The second-order valence-corrected chi connectivity index (χ2v) is 5.93. The summed E-state index contributed by atoms with van der Waals surface area (Å²) in [5.74, 6) is -0.0839. The summed E-state index contributed by atoms with van der Waals surface area (Å²) >= 11 is 7.31. The van der Waals surface area contributed by atoms with E-state index in [4.69, 9.17) is 11.6 Å². The van der Waals surface area contributed by atoms with E-state index in [0.717, 1.165) is 23.4 Å². The van der Waals surface area contributed by atoms with E-state index in [1.807, 2.05) is 45.0 Å². The Morgan fingerprint density at radius 2 is 1.89 bits per heavy atom. The molecule has 0 aliphatic heterocycles. The van der Waals surface area contributed by atoms with Crippen LogP contribution in [0.1, 0.15) is 33.6 Å². The van der Waals surface area contributed by atoms with Gasteiger partial charge in [-0.3, -0.25) is 4.79 Å². The van der Waals surface area contributed by atoms with Crippen LogP contribution in [0, 0.1) is 0 Å². The lowest BCUT2D eigenvalue weighted by Crippen LogP contribution is -2.27. The first-order chi connectivity index (χ1) is 9.06. The second-order valence-electron chi connectivity index (χ2n) is 4.08. The van der Waals surface area contributed by atoms with Gasteiger partial charge in [0, 0.05) is 15.6 Å². The Kier molecular flexibility index (Phi) is 6.95. The predicted molar refractivity (Wildman–Crippen MR) is 82.9 cm³/mol. The van der Waals surface area contributed by atoms with Gasteiger partial charge in [-0.25, -0.2) is 5.43 Å². The smallest absolute Gasteiger partial charge is 0.253 e. The molecule has 0 bridgehead atoms. The van der Waals surface area contributed by atoms with Crippen LogP contribution in [0.2, 0.25) is 5.02 Å². The van der Waals surface area contributed by atoms with Crippen LogP contribution < -0.4 is 5.43 Å². The maximum Gasteiger partial charge on any atom is 0.253 e. The minimum atomic E-state index is -0.195. The lowest BCUT2D eigenvalue weighted by atomic mass is 10.2. The van der Waals surface area contributed by atoms with Crippen LogP contribution in [0.5, 0.6) is 0 Å². The molecule has 1 aromatic carbocycles. The number of carbonyl (C=O) groups is 1. The fourth-order valence-corrected chi connectivity index (χ4v) is 2.39. The summed E-state index contributed by atoms with van der Waals surface area (Å²) in [5.41, 5.74) is 3.62. The van der Waals surface area contributed by atoms with Crippen LogP contribution in [0.15, 0.2) is 34.3 Å². The molecule has 0 radical (unpaired) electrons. The average Bonchev–Trinajstić information content (AvgIpc) is 2.42. The summed E-state index contributed by atoms with van der Waals surface area (Å²) in [6.45, 7) is 5.92. The third kappa shape index (κ3) is 5.66. The number of hydrogen-bond donors (Lipinski definition) is 1. The van der Waals surface area contributed by atoms with Gasteiger partial charge in [0.05, 0.1) is 5.25 Å². The van der Waals surface area contributed by atoms with Gasteiger partial charge in [0.25, 0.3) is 5.91 Å². The Hall–Kier alpha value is -1.00. The molecule has 1 atom stereocenters. The Morgan fingerprint density at radius 3 is 2.42 bits per heavy atom. The molecule has 1 aromatic rings. The molecule has 104 valence electrons. The topological polar surface area (TPSA) is 41.5 Å². The van der Waals surface area contributed by atoms with E-state index in [2.05, 4.69) is 10.5 Å². The van der Waals surface area contributed by atoms with E-state index in [1.54, 1.807) is 0 Å². The van der Waals surface area contributed by atoms with E-state index < -0.39 is 0 Å². The standard InChI is InChI=1S/C14H19ClN2OS/c1-4-12(5-2)16-17-14(18)10(3)19-13-8-6-11(15)7-9-13/h6-10H,4-5H2,1-3H3,(H,17,18)/t10-/m0/s1. The van der Waals surface area contributed by atoms with Crippen LogP contribution in [0.3, 0.4) is 0 Å². The van der Waals surface area contributed by atoms with Crippen LogP contribution in [-0.4, -0.2) is 16.9 Å². The molecule has 1 N–H and O–H groups in total. The van der Waals surface area contributed by atoms with Crippen LogP contribution >= 0.6 is 23.4 Å². The Morgan fingerprint density at radius 1 is 1.32 bits per heavy atom. The molecule has 0 saturated carbocycles. The van der Waals surface area contributed by atoms with Crippen molar-refractivity contribution in [1.82, 2.24) is 5.43 Å². The number of halogens is 1. The van der Waals surface area contributed by atoms with Crippen molar-refractivity contribution in [2.75, 3.05) is 0 Å². The SMILES string of the molecule is CCC(CC)=NNC(=O)[C@H](C)Sc1ccc(Cl)cc1. The molecular formula is C14H19ClN2OS. The zero-order chi connectivity index (χ0) is 14.3. The number of nitrogens with zero attached hydrogens (tertiary/aromatic N) is 1. The number of carbonyl (C=O) groups excluding carboxylic acids is 1. The van der Waals surface area contributed by atoms with Gasteiger partial charge in [-0.05, 0) is 44.0 Å². The van der Waals surface area contributed by atoms with Crippen LogP contribution in [-0.2, 0) is 4.79 Å². The van der Waals surface area contributed by atoms with Crippen molar-refractivity contribution >= 4 is 35.0 Å². The second kappa shape index (κ2) is 8.23. The summed E-state index contributed by atoms with van der Waals surface area (Å²) in [7, 11) is 0. The molecule has 1 rings (SSSR count). The first kappa shape index (κ1) is 16.1. The molecule has 0 aromatic heterocycles. The molecule has 1 amide bonds. The quantitative estimate of drug-likeness (QED) is 0.488. The summed E-state index contributed by atoms with van der Waals surface area (Å²) in [4.78, 5) is 12.9. The van der Waals surface area contributed by atoms with Crippen molar-refractivity contribution in [2.45, 2.75) is 43.8 Å². The van der Waals surface area contributed by atoms with Gasteiger partial charge in [0.1, 0.15) is 0 Å². The first-order valence-electron chi connectivity index (χ1n) is 6.34. The highest BCUT2D eigenvalue weighted by atomic mass is 35.5. The van der Waals surface area contributed by atoms with Gasteiger partial charge in [0.15, 0.2) is 0 Å². The molecule has 0 aliphatic rings. The normalized spacial score (nSPS) is 11.8. The molecule has 5 heteroatoms. The summed E-state index contributed by atoms with van der Waals surface area (Å²) in [6, 6.07) is 7.45. The predicted octanol–water partition coefficient (Wildman–Crippen LogP) is 4.11. The molecule has 0 spiro atoms. The largest absolute Gasteiger partial charge is 0.272 e. The van der Waals surface area contributed by atoms with Gasteiger partial charge < -0.3 is 0 Å². The third-order valence-electron chi connectivity index (χ3n) is 2.64. The fraction of sp³-hybridized carbons (Fsp3) is 0.429. The Labute approximate surface area is 123 Å². The number of thioether (sulfide) groups is 1. The number of rotatable bonds is 6. The Bertz CT molecular complexity index is 439. The molecule has 0 saturated heterocycles. The lowest BCUT2D eigenvalue weighted by Gasteiger charge is -2.10. The summed E-state index contributed by atoms with van der Waals surface area (Å²) in [6.07, 6.45) is 1.71. The number of hydrazone groups is 1. The van der Waals surface area contributed by atoms with E-state index in [-0.39, 0.29) is 11.2 Å². The van der Waals surface area contributed by atoms with Crippen LogP contribution in [0.4, 0.5) is 0 Å². The highest BCUT2D eigenvalue weighted by Crippen LogP contribution is 2.24. The molecular weight excluding hydrogens is 280 g/mol. The fourth-order valence-electron chi connectivity index (χ4n) is 1.40. The molecule has 0 heterocycles. The minimum Gasteiger partial charge on any atom is -0.272 e. The van der Waals surface area contributed by atoms with Crippen molar-refractivity contribution in [2.24, 2.45) is 5.10 Å². The van der Waals surface area contributed by atoms with E-state index in [9.17, 15) is 4.79 Å². The van der Waals surface area contributed by atoms with E-state index in [1.165, 1.54) is 11.8 Å². The first-order valence-corrected chi connectivity index (χ1v) is 7.60. The van der Waals surface area contributed by atoms with E-state index >= 15 is 0 Å². The number of benzene rings is 1. The third-order valence-corrected chi connectivity index (χ3v) is 4.00. The van der Waals surface area contributed by atoms with Gasteiger partial charge in [0.2, 0.25) is 0 Å². The van der Waals surface area contributed by atoms with Crippen molar-refractivity contribution in [3.05, 3.63) is 29.3 Å². The number of hydrogen-bond acceptors (Lipinski definition) is 3. The lowest BCUT2D eigenvalue weighted by molar-refractivity contribution is -0.120. The van der Waals surface area contributed by atoms with Gasteiger partial charge in [-0.1, -0.05) is 25.4 Å². The Balaban J connectivity index is 2.53. The monoisotopic (exact) mass is 298 g/mol. The van der Waals surface area contributed by atoms with Gasteiger partial charge in [-0.15, -0.1) is 11.8 Å². The van der Waals surface area contributed by atoms with Crippen molar-refractivity contribution < 1.29 is 4.79 Å². The number of amides is 1. The molecule has 0 aliphatic carbocycles. The van der Waals surface area contributed by atoms with Gasteiger partial charge in [-0.2, -0.15) is 5.10 Å². The zero-order valence-corrected chi connectivity index (χ0v) is 13.0. The zero-order valence-electron chi connectivity index (χ0n) is 11.4. The van der Waals surface area contributed by atoms with E-state index in [0.29, 0.717) is 5.02 Å². The summed E-state index contributed by atoms with van der Waals surface area (Å²) < 4.78 is 0. The maximum atomic E-state index is 11.9. The molecule has 19 heavy (non-hydrogen) atoms. The number of nitrogens with one attached hydrogen (secondary N) is 1.